The Bertz CT molecular complexity index is 2220. The van der Waals surface area contributed by atoms with Gasteiger partial charge >= 0.3 is 0 Å². The highest BCUT2D eigenvalue weighted by Gasteiger charge is 2.16. The van der Waals surface area contributed by atoms with E-state index in [2.05, 4.69) is 129 Å². The first-order valence-electron chi connectivity index (χ1n) is 12.8. The van der Waals surface area contributed by atoms with Crippen molar-refractivity contribution in [1.82, 2.24) is 19.1 Å². The third kappa shape index (κ3) is 8.23. The van der Waals surface area contributed by atoms with Crippen LogP contribution < -0.4 is 0 Å². The number of hydrogen-bond donors (Lipinski definition) is 0. The molecule has 4 aromatic rings. The SMILES string of the molecule is CC#CC#CC#CC#CC#Cn1c(C)ccc1-c1cnc(-c2ncc(-c3ccc(C)n3C#CC#CC#CC#CC#CC)s2)s1. The lowest BCUT2D eigenvalue weighted by Crippen LogP contribution is -1.93. The van der Waals surface area contributed by atoms with Crippen LogP contribution in [-0.4, -0.2) is 19.1 Å². The van der Waals surface area contributed by atoms with Crippen LogP contribution in [0.5, 0.6) is 0 Å². The van der Waals surface area contributed by atoms with E-state index in [4.69, 9.17) is 0 Å². The molecule has 4 nitrogen and oxygen atoms in total. The first-order chi connectivity index (χ1) is 21.6. The molecule has 0 aliphatic carbocycles. The van der Waals surface area contributed by atoms with E-state index >= 15 is 0 Å². The molecule has 4 rings (SSSR count). The van der Waals surface area contributed by atoms with E-state index in [9.17, 15) is 0 Å². The summed E-state index contributed by atoms with van der Waals surface area (Å²) in [6.07, 6.45) is 3.68. The van der Waals surface area contributed by atoms with Gasteiger partial charge in [0.2, 0.25) is 0 Å². The van der Waals surface area contributed by atoms with Crippen molar-refractivity contribution in [3.63, 3.8) is 0 Å². The van der Waals surface area contributed by atoms with Gasteiger partial charge in [0.15, 0.2) is 10.0 Å². The fourth-order valence-electron chi connectivity index (χ4n) is 3.41. The minimum Gasteiger partial charge on any atom is -0.272 e. The molecular formula is C38H18N4S2. The van der Waals surface area contributed by atoms with Gasteiger partial charge in [0, 0.05) is 83.2 Å². The average molecular weight is 595 g/mol. The number of rotatable bonds is 3. The van der Waals surface area contributed by atoms with Crippen LogP contribution in [0.25, 0.3) is 31.2 Å². The zero-order valence-electron chi connectivity index (χ0n) is 24.1. The summed E-state index contributed by atoms with van der Waals surface area (Å²) in [6.45, 7) is 7.41. The normalized spacial score (nSPS) is 8.00. The molecule has 0 atom stereocenters. The molecule has 0 aliphatic heterocycles. The fraction of sp³-hybridized carbons (Fsp3) is 0.105. The number of aromatic nitrogens is 4. The number of aryl methyl sites for hydroxylation is 2. The van der Waals surface area contributed by atoms with Crippen molar-refractivity contribution < 1.29 is 0 Å². The smallest absolute Gasteiger partial charge is 0.152 e. The van der Waals surface area contributed by atoms with Gasteiger partial charge in [-0.25, -0.2) is 9.97 Å². The minimum atomic E-state index is 0.817. The van der Waals surface area contributed by atoms with Crippen LogP contribution in [-0.2, 0) is 0 Å². The number of nitrogens with zero attached hydrogens (tertiary/aromatic N) is 4. The second-order valence-electron chi connectivity index (χ2n) is 8.17. The summed E-state index contributed by atoms with van der Waals surface area (Å²) in [4.78, 5) is 11.2. The molecule has 4 heterocycles. The van der Waals surface area contributed by atoms with Crippen LogP contribution in [0.2, 0.25) is 0 Å². The van der Waals surface area contributed by atoms with E-state index in [1.807, 2.05) is 59.6 Å². The highest BCUT2D eigenvalue weighted by molar-refractivity contribution is 7.24. The molecule has 0 saturated heterocycles. The molecule has 0 amide bonds. The lowest BCUT2D eigenvalue weighted by atomic mass is 10.4. The second-order valence-corrected chi connectivity index (χ2v) is 10.2. The van der Waals surface area contributed by atoms with Crippen molar-refractivity contribution in [2.75, 3.05) is 0 Å². The predicted molar refractivity (Wildman–Crippen MR) is 179 cm³/mol. The minimum absolute atomic E-state index is 0.817. The quantitative estimate of drug-likeness (QED) is 0.294. The van der Waals surface area contributed by atoms with Crippen molar-refractivity contribution in [3.8, 4) is 150 Å². The highest BCUT2D eigenvalue weighted by atomic mass is 32.1. The standard InChI is InChI=1S/C38H18N4S2/c1-5-7-9-11-13-15-17-19-21-27-41-31(3)23-25-33(41)35-29-39-37(43-35)38-40-30-36(44-38)34-26-24-32(4)42(34)28-22-20-18-16-14-12-10-8-6-2/h23-26,29-30H,1-4H3. The molecule has 0 saturated carbocycles. The molecule has 44 heavy (non-hydrogen) atoms. The summed E-state index contributed by atoms with van der Waals surface area (Å²) in [5.74, 6) is 48.1. The molecule has 6 heteroatoms. The van der Waals surface area contributed by atoms with Crippen LogP contribution in [0.1, 0.15) is 25.2 Å². The molecule has 0 radical (unpaired) electrons. The van der Waals surface area contributed by atoms with E-state index in [-0.39, 0.29) is 0 Å². The maximum Gasteiger partial charge on any atom is 0.152 e. The van der Waals surface area contributed by atoms with Crippen molar-refractivity contribution >= 4 is 22.7 Å². The van der Waals surface area contributed by atoms with Gasteiger partial charge in [0.25, 0.3) is 0 Å². The molecule has 0 aromatic carbocycles. The van der Waals surface area contributed by atoms with Crippen LogP contribution in [0, 0.1) is 133 Å². The van der Waals surface area contributed by atoms with Gasteiger partial charge in [-0.3, -0.25) is 9.13 Å². The van der Waals surface area contributed by atoms with Crippen molar-refractivity contribution in [2.45, 2.75) is 27.7 Å². The highest BCUT2D eigenvalue weighted by Crippen LogP contribution is 2.37. The van der Waals surface area contributed by atoms with Gasteiger partial charge in [-0.1, -0.05) is 11.8 Å². The van der Waals surface area contributed by atoms with Crippen LogP contribution >= 0.6 is 22.7 Å². The summed E-state index contributed by atoms with van der Waals surface area (Å²) in [6, 6.07) is 14.2. The Morgan fingerprint density at radius 2 is 0.818 bits per heavy atom. The van der Waals surface area contributed by atoms with E-state index in [0.717, 1.165) is 42.5 Å². The van der Waals surface area contributed by atoms with Gasteiger partial charge in [-0.05, 0) is 99.3 Å². The van der Waals surface area contributed by atoms with Crippen molar-refractivity contribution in [1.29, 1.82) is 0 Å². The third-order valence-corrected chi connectivity index (χ3v) is 7.49. The number of hydrogen-bond acceptors (Lipinski definition) is 4. The fourth-order valence-corrected chi connectivity index (χ4v) is 5.31. The van der Waals surface area contributed by atoms with Crippen LogP contribution in [0.4, 0.5) is 0 Å². The van der Waals surface area contributed by atoms with Crippen LogP contribution in [0.3, 0.4) is 0 Å². The molecule has 0 aliphatic rings. The molecule has 0 spiro atoms. The Kier molecular flexibility index (Phi) is 11.1. The monoisotopic (exact) mass is 594 g/mol. The van der Waals surface area contributed by atoms with Gasteiger partial charge in [-0.15, -0.1) is 22.7 Å². The first-order valence-corrected chi connectivity index (χ1v) is 14.4. The Morgan fingerprint density at radius 1 is 0.477 bits per heavy atom. The molecular weight excluding hydrogens is 577 g/mol. The Balaban J connectivity index is 1.52. The molecule has 0 bridgehead atoms. The average Bonchev–Trinajstić information content (AvgIpc) is 3.83. The van der Waals surface area contributed by atoms with Gasteiger partial charge < -0.3 is 0 Å². The second kappa shape index (κ2) is 16.0. The van der Waals surface area contributed by atoms with E-state index in [0.29, 0.717) is 0 Å². The topological polar surface area (TPSA) is 35.6 Å². The molecule has 0 unspecified atom stereocenters. The largest absolute Gasteiger partial charge is 0.272 e. The summed E-state index contributed by atoms with van der Waals surface area (Å²) in [5.41, 5.74) is 3.83. The zero-order chi connectivity index (χ0) is 31.0. The summed E-state index contributed by atoms with van der Waals surface area (Å²) in [7, 11) is 0. The molecule has 4 aromatic heterocycles. The van der Waals surface area contributed by atoms with Crippen molar-refractivity contribution in [3.05, 3.63) is 48.0 Å². The summed E-state index contributed by atoms with van der Waals surface area (Å²) < 4.78 is 3.78. The Hall–Kier alpha value is -6.58. The first kappa shape index (κ1) is 30.4. The van der Waals surface area contributed by atoms with Crippen LogP contribution in [0.15, 0.2) is 36.7 Å². The maximum atomic E-state index is 4.65. The van der Waals surface area contributed by atoms with E-state index in [1.165, 1.54) is 0 Å². The van der Waals surface area contributed by atoms with Gasteiger partial charge in [0.05, 0.1) is 21.1 Å². The Labute approximate surface area is 266 Å². The summed E-state index contributed by atoms with van der Waals surface area (Å²) >= 11 is 3.10. The van der Waals surface area contributed by atoms with E-state index in [1.54, 1.807) is 36.5 Å². The predicted octanol–water partition coefficient (Wildman–Crippen LogP) is 5.51. The molecule has 0 N–H and O–H groups in total. The van der Waals surface area contributed by atoms with E-state index < -0.39 is 0 Å². The zero-order valence-corrected chi connectivity index (χ0v) is 25.7. The molecule has 0 fully saturated rings. The van der Waals surface area contributed by atoms with Crippen molar-refractivity contribution in [2.24, 2.45) is 0 Å². The maximum absolute atomic E-state index is 4.65. The van der Waals surface area contributed by atoms with Gasteiger partial charge in [-0.2, -0.15) is 0 Å². The lowest BCUT2D eigenvalue weighted by Gasteiger charge is -2.00. The molecule has 202 valence electrons. The lowest BCUT2D eigenvalue weighted by molar-refractivity contribution is 1.07. The van der Waals surface area contributed by atoms with Gasteiger partial charge in [0.1, 0.15) is 0 Å². The third-order valence-electron chi connectivity index (χ3n) is 5.31. The summed E-state index contributed by atoms with van der Waals surface area (Å²) in [5, 5.41) is 1.63. The Morgan fingerprint density at radius 3 is 1.18 bits per heavy atom. The number of thiazole rings is 2.